The summed E-state index contributed by atoms with van der Waals surface area (Å²) in [6.45, 7) is 1.67. The molecule has 31 heavy (non-hydrogen) atoms. The van der Waals surface area contributed by atoms with Gasteiger partial charge in [0.2, 0.25) is 5.13 Å². The number of carbonyl (C=O) groups excluding carboxylic acids is 1. The van der Waals surface area contributed by atoms with Crippen LogP contribution in [0.25, 0.3) is 15.3 Å². The minimum absolute atomic E-state index is 0.130. The lowest BCUT2D eigenvalue weighted by atomic mass is 10.1. The fraction of sp³-hybridized carbons (Fsp3) is 0.143. The Morgan fingerprint density at radius 3 is 2.77 bits per heavy atom. The van der Waals surface area contributed by atoms with E-state index in [1.54, 1.807) is 25.1 Å². The van der Waals surface area contributed by atoms with Gasteiger partial charge < -0.3 is 4.74 Å². The van der Waals surface area contributed by atoms with Gasteiger partial charge in [-0.15, -0.1) is 0 Å². The van der Waals surface area contributed by atoms with Gasteiger partial charge in [-0.2, -0.15) is 4.68 Å². The largest absolute Gasteiger partial charge is 0.469 e. The number of H-pyrrole nitrogens is 1. The number of halogens is 2. The predicted molar refractivity (Wildman–Crippen MR) is 124 cm³/mol. The molecule has 1 N–H and O–H groups in total. The summed E-state index contributed by atoms with van der Waals surface area (Å²) in [5, 5.41) is 4.31. The monoisotopic (exact) mass is 474 g/mol. The number of aliphatic imine (C=N–C) groups is 1. The molecule has 4 rings (SSSR count). The number of hydrogen-bond donors (Lipinski definition) is 1. The van der Waals surface area contributed by atoms with Crippen molar-refractivity contribution in [3.05, 3.63) is 74.1 Å². The Morgan fingerprint density at radius 1 is 1.26 bits per heavy atom. The van der Waals surface area contributed by atoms with Gasteiger partial charge in [0.1, 0.15) is 0 Å². The first-order valence-corrected chi connectivity index (χ1v) is 10.7. The molecule has 0 amide bonds. The number of esters is 1. The Morgan fingerprint density at radius 2 is 2.03 bits per heavy atom. The number of aromatic nitrogens is 3. The van der Waals surface area contributed by atoms with Gasteiger partial charge in [-0.1, -0.05) is 46.7 Å². The molecule has 0 saturated heterocycles. The number of nitrogens with one attached hydrogen (secondary N) is 1. The normalized spacial score (nSPS) is 11.8. The summed E-state index contributed by atoms with van der Waals surface area (Å²) in [7, 11) is 1.29. The van der Waals surface area contributed by atoms with E-state index in [4.69, 9.17) is 27.9 Å². The van der Waals surface area contributed by atoms with Gasteiger partial charge in [-0.05, 0) is 37.3 Å². The topological polar surface area (TPSA) is 89.3 Å². The van der Waals surface area contributed by atoms with Gasteiger partial charge in [0.05, 0.1) is 51.4 Å². The average molecular weight is 475 g/mol. The molecule has 158 valence electrons. The molecule has 4 aromatic rings. The molecule has 0 aliphatic rings. The second-order valence-electron chi connectivity index (χ2n) is 6.62. The highest BCUT2D eigenvalue weighted by Gasteiger charge is 2.22. The van der Waals surface area contributed by atoms with Gasteiger partial charge in [-0.25, -0.2) is 4.98 Å². The Labute approximate surface area is 190 Å². The molecule has 0 saturated carbocycles. The van der Waals surface area contributed by atoms with Crippen molar-refractivity contribution in [3.63, 3.8) is 0 Å². The molecule has 0 unspecified atom stereocenters. The third kappa shape index (κ3) is 4.27. The first-order chi connectivity index (χ1) is 14.9. The van der Waals surface area contributed by atoms with Crippen LogP contribution in [0.1, 0.15) is 18.2 Å². The van der Waals surface area contributed by atoms with Crippen LogP contribution >= 0.6 is 34.5 Å². The van der Waals surface area contributed by atoms with Crippen molar-refractivity contribution in [3.8, 4) is 5.13 Å². The number of aromatic amines is 1. The lowest BCUT2D eigenvalue weighted by Gasteiger charge is -2.03. The molecule has 0 spiro atoms. The van der Waals surface area contributed by atoms with Crippen LogP contribution in [0.2, 0.25) is 10.0 Å². The summed E-state index contributed by atoms with van der Waals surface area (Å²) in [5.74, 6) is -0.493. The molecule has 7 nitrogen and oxygen atoms in total. The van der Waals surface area contributed by atoms with Crippen LogP contribution in [-0.2, 0) is 16.0 Å². The van der Waals surface area contributed by atoms with Crippen LogP contribution in [0.15, 0.2) is 52.3 Å². The van der Waals surface area contributed by atoms with Crippen molar-refractivity contribution in [2.24, 2.45) is 4.99 Å². The maximum Gasteiger partial charge on any atom is 0.311 e. The van der Waals surface area contributed by atoms with E-state index in [2.05, 4.69) is 15.1 Å². The van der Waals surface area contributed by atoms with Crippen LogP contribution in [0.3, 0.4) is 0 Å². The van der Waals surface area contributed by atoms with Crippen molar-refractivity contribution in [2.45, 2.75) is 13.3 Å². The highest BCUT2D eigenvalue weighted by molar-refractivity contribution is 7.20. The molecule has 0 fully saturated rings. The molecule has 2 aromatic carbocycles. The van der Waals surface area contributed by atoms with E-state index in [1.807, 2.05) is 24.3 Å². The molecule has 0 aliphatic carbocycles. The maximum atomic E-state index is 13.3. The summed E-state index contributed by atoms with van der Waals surface area (Å²) < 4.78 is 7.04. The number of fused-ring (bicyclic) bond motifs is 1. The van der Waals surface area contributed by atoms with Crippen LogP contribution in [0.5, 0.6) is 0 Å². The Hall–Kier alpha value is -2.94. The molecular formula is C21H16Cl2N4O3S. The molecule has 0 bridgehead atoms. The molecule has 0 aliphatic heterocycles. The van der Waals surface area contributed by atoms with E-state index in [0.29, 0.717) is 32.3 Å². The fourth-order valence-electron chi connectivity index (χ4n) is 3.10. The van der Waals surface area contributed by atoms with E-state index in [-0.39, 0.29) is 17.5 Å². The zero-order chi connectivity index (χ0) is 22.1. The van der Waals surface area contributed by atoms with Crippen LogP contribution in [0.4, 0.5) is 5.69 Å². The first-order valence-electron chi connectivity index (χ1n) is 9.14. The van der Waals surface area contributed by atoms with Crippen LogP contribution in [0, 0.1) is 0 Å². The predicted octanol–water partition coefficient (Wildman–Crippen LogP) is 4.94. The molecule has 2 heterocycles. The third-order valence-electron chi connectivity index (χ3n) is 4.55. The van der Waals surface area contributed by atoms with Gasteiger partial charge in [0, 0.05) is 5.02 Å². The summed E-state index contributed by atoms with van der Waals surface area (Å²) in [4.78, 5) is 34.3. The average Bonchev–Trinajstić information content (AvgIpc) is 3.31. The zero-order valence-electron chi connectivity index (χ0n) is 16.5. The number of carbonyl (C=O) groups is 1. The Kier molecular flexibility index (Phi) is 5.95. The van der Waals surface area contributed by atoms with E-state index in [1.165, 1.54) is 23.1 Å². The SMILES string of the molecule is COC(=O)Cc1[nH]n(-c2nc3ccccc3s2)c(=O)c1C(C)=Nc1cc(Cl)ccc1Cl. The number of methoxy groups -OCH3 is 1. The van der Waals surface area contributed by atoms with Crippen molar-refractivity contribution in [2.75, 3.05) is 7.11 Å². The number of rotatable bonds is 5. The lowest BCUT2D eigenvalue weighted by molar-refractivity contribution is -0.139. The number of nitrogens with zero attached hydrogens (tertiary/aromatic N) is 3. The van der Waals surface area contributed by atoms with Crippen LogP contribution in [-0.4, -0.2) is 33.6 Å². The zero-order valence-corrected chi connectivity index (χ0v) is 18.8. The number of para-hydroxylation sites is 1. The van der Waals surface area contributed by atoms with Gasteiger partial charge >= 0.3 is 5.97 Å². The number of hydrogen-bond acceptors (Lipinski definition) is 6. The van der Waals surface area contributed by atoms with E-state index in [0.717, 1.165) is 10.2 Å². The summed E-state index contributed by atoms with van der Waals surface area (Å²) in [5.41, 5.74) is 1.82. The maximum absolute atomic E-state index is 13.3. The fourth-order valence-corrected chi connectivity index (χ4v) is 4.35. The number of thiazole rings is 1. The van der Waals surface area contributed by atoms with E-state index >= 15 is 0 Å². The van der Waals surface area contributed by atoms with Gasteiger partial charge in [0.25, 0.3) is 5.56 Å². The summed E-state index contributed by atoms with van der Waals surface area (Å²) in [6.07, 6.45) is -0.130. The summed E-state index contributed by atoms with van der Waals surface area (Å²) in [6, 6.07) is 12.5. The minimum Gasteiger partial charge on any atom is -0.469 e. The minimum atomic E-state index is -0.493. The van der Waals surface area contributed by atoms with Crippen molar-refractivity contribution >= 4 is 62.1 Å². The lowest BCUT2D eigenvalue weighted by Crippen LogP contribution is -2.20. The highest BCUT2D eigenvalue weighted by atomic mass is 35.5. The highest BCUT2D eigenvalue weighted by Crippen LogP contribution is 2.29. The Bertz CT molecular complexity index is 1350. The molecule has 0 atom stereocenters. The first kappa shape index (κ1) is 21.3. The quantitative estimate of drug-likeness (QED) is 0.327. The van der Waals surface area contributed by atoms with Crippen molar-refractivity contribution < 1.29 is 9.53 Å². The van der Waals surface area contributed by atoms with E-state index < -0.39 is 5.97 Å². The van der Waals surface area contributed by atoms with E-state index in [9.17, 15) is 9.59 Å². The second kappa shape index (κ2) is 8.66. The van der Waals surface area contributed by atoms with Crippen molar-refractivity contribution in [1.29, 1.82) is 0 Å². The number of benzene rings is 2. The standard InChI is InChI=1S/C21H16Cl2N4O3S/c1-11(24-15-9-12(22)7-8-13(15)23)19-16(10-18(28)30-2)26-27(20(19)29)21-25-14-5-3-4-6-17(14)31-21/h3-9,26H,10H2,1-2H3. The summed E-state index contributed by atoms with van der Waals surface area (Å²) >= 11 is 13.6. The van der Waals surface area contributed by atoms with Crippen LogP contribution < -0.4 is 5.56 Å². The Balaban J connectivity index is 1.87. The molecule has 2 aromatic heterocycles. The van der Waals surface area contributed by atoms with Crippen molar-refractivity contribution in [1.82, 2.24) is 14.8 Å². The molecular weight excluding hydrogens is 459 g/mol. The number of ether oxygens (including phenoxy) is 1. The van der Waals surface area contributed by atoms with Gasteiger partial charge in [0.15, 0.2) is 0 Å². The van der Waals surface area contributed by atoms with Gasteiger partial charge in [-0.3, -0.25) is 19.7 Å². The smallest absolute Gasteiger partial charge is 0.311 e. The third-order valence-corrected chi connectivity index (χ3v) is 6.12. The molecule has 10 heteroatoms. The second-order valence-corrected chi connectivity index (χ2v) is 8.47. The molecule has 0 radical (unpaired) electrons.